The Bertz CT molecular complexity index is 575. The largest absolute Gasteiger partial charge is 0.361 e. The van der Waals surface area contributed by atoms with E-state index < -0.39 is 0 Å². The molecule has 1 unspecified atom stereocenters. The molecule has 3 rings (SSSR count). The van der Waals surface area contributed by atoms with E-state index in [4.69, 9.17) is 0 Å². The number of aromatic nitrogens is 1. The number of carbonyl (C=O) groups is 1. The number of carbonyl (C=O) groups excluding carboxylic acids is 1. The fourth-order valence-corrected chi connectivity index (χ4v) is 2.47. The summed E-state index contributed by atoms with van der Waals surface area (Å²) in [5.41, 5.74) is 2.36. The number of aromatic amines is 1. The van der Waals surface area contributed by atoms with Gasteiger partial charge in [0.1, 0.15) is 0 Å². The van der Waals surface area contributed by atoms with Crippen molar-refractivity contribution in [2.24, 2.45) is 0 Å². The second-order valence-corrected chi connectivity index (χ2v) is 4.88. The predicted octanol–water partition coefficient (Wildman–Crippen LogP) is 1.49. The molecule has 1 aromatic heterocycles. The van der Waals surface area contributed by atoms with Gasteiger partial charge in [-0.3, -0.25) is 4.79 Å². The number of likely N-dealkylation sites (tertiary alicyclic amines) is 1. The molecule has 1 aromatic carbocycles. The monoisotopic (exact) mass is 243 g/mol. The summed E-state index contributed by atoms with van der Waals surface area (Å²) in [7, 11) is 1.86. The number of benzene rings is 1. The molecule has 4 nitrogen and oxygen atoms in total. The maximum atomic E-state index is 11.8. The van der Waals surface area contributed by atoms with Crippen molar-refractivity contribution >= 4 is 16.8 Å². The summed E-state index contributed by atoms with van der Waals surface area (Å²) in [4.78, 5) is 16.7. The van der Waals surface area contributed by atoms with Gasteiger partial charge in [-0.25, -0.2) is 0 Å². The molecule has 2 heterocycles. The lowest BCUT2D eigenvalue weighted by molar-refractivity contribution is -0.128. The van der Waals surface area contributed by atoms with Gasteiger partial charge in [-0.1, -0.05) is 6.07 Å². The highest BCUT2D eigenvalue weighted by Crippen LogP contribution is 2.15. The van der Waals surface area contributed by atoms with E-state index in [1.54, 1.807) is 4.90 Å². The zero-order valence-corrected chi connectivity index (χ0v) is 10.4. The van der Waals surface area contributed by atoms with Crippen LogP contribution in [0.4, 0.5) is 0 Å². The van der Waals surface area contributed by atoms with Crippen LogP contribution in [0.3, 0.4) is 0 Å². The summed E-state index contributed by atoms with van der Waals surface area (Å²) < 4.78 is 0. The minimum atomic E-state index is -0.0167. The van der Waals surface area contributed by atoms with Gasteiger partial charge in [0.05, 0.1) is 6.04 Å². The van der Waals surface area contributed by atoms with Crippen molar-refractivity contribution in [3.63, 3.8) is 0 Å². The maximum absolute atomic E-state index is 11.8. The summed E-state index contributed by atoms with van der Waals surface area (Å²) in [6.07, 6.45) is 2.85. The first-order chi connectivity index (χ1) is 8.74. The summed E-state index contributed by atoms with van der Waals surface area (Å²) >= 11 is 0. The highest BCUT2D eigenvalue weighted by atomic mass is 16.2. The van der Waals surface area contributed by atoms with Crippen molar-refractivity contribution in [3.8, 4) is 0 Å². The maximum Gasteiger partial charge on any atom is 0.239 e. The zero-order valence-electron chi connectivity index (χ0n) is 10.4. The smallest absolute Gasteiger partial charge is 0.239 e. The molecule has 1 aliphatic rings. The molecule has 18 heavy (non-hydrogen) atoms. The van der Waals surface area contributed by atoms with Crippen LogP contribution in [0.5, 0.6) is 0 Å². The standard InChI is InChI=1S/C14H17N3O/c1-17-7-5-13(14(17)18)16-9-10-2-3-12-11(8-10)4-6-15-12/h2-4,6,8,13,15-16H,5,7,9H2,1H3. The molecular formula is C14H17N3O. The van der Waals surface area contributed by atoms with Crippen molar-refractivity contribution in [3.05, 3.63) is 36.0 Å². The molecule has 0 bridgehead atoms. The summed E-state index contributed by atoms with van der Waals surface area (Å²) in [6, 6.07) is 8.37. The van der Waals surface area contributed by atoms with Gasteiger partial charge in [-0.2, -0.15) is 0 Å². The van der Waals surface area contributed by atoms with Crippen molar-refractivity contribution in [2.75, 3.05) is 13.6 Å². The van der Waals surface area contributed by atoms with E-state index in [0.29, 0.717) is 0 Å². The minimum absolute atomic E-state index is 0.0167. The normalized spacial score (nSPS) is 19.9. The lowest BCUT2D eigenvalue weighted by Crippen LogP contribution is -2.36. The van der Waals surface area contributed by atoms with E-state index in [9.17, 15) is 4.79 Å². The molecule has 94 valence electrons. The van der Waals surface area contributed by atoms with Crippen LogP contribution in [-0.2, 0) is 11.3 Å². The van der Waals surface area contributed by atoms with Gasteiger partial charge in [0.15, 0.2) is 0 Å². The third-order valence-electron chi connectivity index (χ3n) is 3.60. The van der Waals surface area contributed by atoms with Crippen LogP contribution in [0.15, 0.2) is 30.5 Å². The number of likely N-dealkylation sites (N-methyl/N-ethyl adjacent to an activating group) is 1. The first kappa shape index (κ1) is 11.3. The lowest BCUT2D eigenvalue weighted by atomic mass is 10.1. The SMILES string of the molecule is CN1CCC(NCc2ccc3[nH]ccc3c2)C1=O. The Kier molecular flexibility index (Phi) is 2.80. The van der Waals surface area contributed by atoms with Crippen LogP contribution < -0.4 is 5.32 Å². The second kappa shape index (κ2) is 4.46. The Hall–Kier alpha value is -1.81. The van der Waals surface area contributed by atoms with Crippen molar-refractivity contribution in [1.82, 2.24) is 15.2 Å². The van der Waals surface area contributed by atoms with Crippen LogP contribution in [0.1, 0.15) is 12.0 Å². The number of nitrogens with one attached hydrogen (secondary N) is 2. The van der Waals surface area contributed by atoms with Crippen molar-refractivity contribution in [1.29, 1.82) is 0 Å². The quantitative estimate of drug-likeness (QED) is 0.858. The molecule has 0 saturated carbocycles. The Morgan fingerprint density at radius 3 is 3.11 bits per heavy atom. The van der Waals surface area contributed by atoms with Crippen molar-refractivity contribution in [2.45, 2.75) is 19.0 Å². The minimum Gasteiger partial charge on any atom is -0.361 e. The fourth-order valence-electron chi connectivity index (χ4n) is 2.47. The van der Waals surface area contributed by atoms with Gasteiger partial charge in [-0.15, -0.1) is 0 Å². The molecule has 0 radical (unpaired) electrons. The van der Waals surface area contributed by atoms with E-state index >= 15 is 0 Å². The first-order valence-electron chi connectivity index (χ1n) is 6.28. The molecule has 1 saturated heterocycles. The van der Waals surface area contributed by atoms with Gasteiger partial charge in [0.25, 0.3) is 0 Å². The van der Waals surface area contributed by atoms with Crippen LogP contribution in [0.25, 0.3) is 10.9 Å². The van der Waals surface area contributed by atoms with E-state index in [2.05, 4.69) is 34.6 Å². The highest BCUT2D eigenvalue weighted by Gasteiger charge is 2.28. The number of fused-ring (bicyclic) bond motifs is 1. The van der Waals surface area contributed by atoms with Gasteiger partial charge in [0.2, 0.25) is 5.91 Å². The number of hydrogen-bond donors (Lipinski definition) is 2. The van der Waals surface area contributed by atoms with E-state index in [0.717, 1.165) is 25.0 Å². The molecule has 1 amide bonds. The fraction of sp³-hybridized carbons (Fsp3) is 0.357. The highest BCUT2D eigenvalue weighted by molar-refractivity contribution is 5.83. The van der Waals surface area contributed by atoms with Crippen LogP contribution >= 0.6 is 0 Å². The topological polar surface area (TPSA) is 48.1 Å². The molecule has 0 aliphatic carbocycles. The summed E-state index contributed by atoms with van der Waals surface area (Å²) in [5, 5.41) is 4.55. The number of rotatable bonds is 3. The molecule has 1 atom stereocenters. The Balaban J connectivity index is 1.67. The van der Waals surface area contributed by atoms with Gasteiger partial charge in [-0.05, 0) is 35.6 Å². The number of nitrogens with zero attached hydrogens (tertiary/aromatic N) is 1. The predicted molar refractivity (Wildman–Crippen MR) is 71.2 cm³/mol. The third-order valence-corrected chi connectivity index (χ3v) is 3.60. The molecule has 4 heteroatoms. The van der Waals surface area contributed by atoms with Crippen LogP contribution in [0.2, 0.25) is 0 Å². The van der Waals surface area contributed by atoms with E-state index in [1.807, 2.05) is 13.2 Å². The first-order valence-corrected chi connectivity index (χ1v) is 6.28. The number of amides is 1. The van der Waals surface area contributed by atoms with Gasteiger partial charge < -0.3 is 15.2 Å². The molecule has 1 aliphatic heterocycles. The Morgan fingerprint density at radius 1 is 1.44 bits per heavy atom. The molecule has 2 aromatic rings. The van der Waals surface area contributed by atoms with Crippen LogP contribution in [0, 0.1) is 0 Å². The molecule has 0 spiro atoms. The average molecular weight is 243 g/mol. The molecule has 2 N–H and O–H groups in total. The number of H-pyrrole nitrogens is 1. The van der Waals surface area contributed by atoms with Gasteiger partial charge in [0, 0.05) is 31.9 Å². The van der Waals surface area contributed by atoms with Gasteiger partial charge >= 0.3 is 0 Å². The zero-order chi connectivity index (χ0) is 12.5. The molecular weight excluding hydrogens is 226 g/mol. The Labute approximate surface area is 106 Å². The van der Waals surface area contributed by atoms with Crippen molar-refractivity contribution < 1.29 is 4.79 Å². The second-order valence-electron chi connectivity index (χ2n) is 4.88. The Morgan fingerprint density at radius 2 is 2.33 bits per heavy atom. The third kappa shape index (κ3) is 1.99. The number of hydrogen-bond acceptors (Lipinski definition) is 2. The van der Waals surface area contributed by atoms with E-state index in [1.165, 1.54) is 10.9 Å². The molecule has 1 fully saturated rings. The van der Waals surface area contributed by atoms with E-state index in [-0.39, 0.29) is 11.9 Å². The summed E-state index contributed by atoms with van der Waals surface area (Å²) in [5.74, 6) is 0.206. The van der Waals surface area contributed by atoms with Crippen LogP contribution in [-0.4, -0.2) is 35.4 Å². The summed E-state index contributed by atoms with van der Waals surface area (Å²) in [6.45, 7) is 1.60. The average Bonchev–Trinajstić information content (AvgIpc) is 2.96. The lowest BCUT2D eigenvalue weighted by Gasteiger charge is -2.12.